The number of para-hydroxylation sites is 1. The monoisotopic (exact) mass is 369 g/mol. The van der Waals surface area contributed by atoms with E-state index >= 15 is 0 Å². The van der Waals surface area contributed by atoms with Crippen molar-refractivity contribution in [2.75, 3.05) is 19.8 Å². The molecule has 1 amide bonds. The summed E-state index contributed by atoms with van der Waals surface area (Å²) < 4.78 is 11.4. The lowest BCUT2D eigenvalue weighted by Crippen LogP contribution is -2.25. The Morgan fingerprint density at radius 2 is 1.81 bits per heavy atom. The molecule has 0 spiro atoms. The smallest absolute Gasteiger partial charge is 0.308 e. The number of aryl methyl sites for hydroxylation is 1. The summed E-state index contributed by atoms with van der Waals surface area (Å²) in [5.74, 6) is -0.0540. The largest absolute Gasteiger partial charge is 0.490 e. The van der Waals surface area contributed by atoms with Crippen molar-refractivity contribution in [2.45, 2.75) is 19.9 Å². The molecule has 6 heteroatoms. The number of carbonyl (C=O) groups is 2. The van der Waals surface area contributed by atoms with Gasteiger partial charge in [-0.2, -0.15) is 0 Å². The minimum atomic E-state index is -0.914. The second-order valence-electron chi connectivity index (χ2n) is 6.62. The van der Waals surface area contributed by atoms with Gasteiger partial charge >= 0.3 is 5.97 Å². The summed E-state index contributed by atoms with van der Waals surface area (Å²) in [7, 11) is 0. The molecule has 1 saturated heterocycles. The lowest BCUT2D eigenvalue weighted by molar-refractivity contribution is -0.141. The molecule has 142 valence electrons. The van der Waals surface area contributed by atoms with Crippen LogP contribution in [0.1, 0.15) is 17.5 Å². The van der Waals surface area contributed by atoms with E-state index in [0.717, 1.165) is 22.6 Å². The van der Waals surface area contributed by atoms with Crippen LogP contribution < -0.4 is 9.47 Å². The molecular formula is C21H23NO5. The van der Waals surface area contributed by atoms with Crippen molar-refractivity contribution in [1.29, 1.82) is 0 Å². The summed E-state index contributed by atoms with van der Waals surface area (Å²) in [6.45, 7) is 3.56. The highest BCUT2D eigenvalue weighted by atomic mass is 16.5. The van der Waals surface area contributed by atoms with E-state index in [4.69, 9.17) is 14.6 Å². The molecule has 1 N–H and O–H groups in total. The molecule has 3 rings (SSSR count). The standard InChI is InChI=1S/C21H23NO5/c1-15-4-2-3-5-19(15)27-11-10-26-18-8-6-16(7-9-18)13-22-14-17(21(24)25)12-20(22)23/h2-9,17H,10-14H2,1H3,(H,24,25). The zero-order valence-electron chi connectivity index (χ0n) is 15.3. The van der Waals surface area contributed by atoms with Crippen molar-refractivity contribution in [3.05, 3.63) is 59.7 Å². The van der Waals surface area contributed by atoms with Gasteiger partial charge in [0.15, 0.2) is 0 Å². The highest BCUT2D eigenvalue weighted by molar-refractivity contribution is 5.86. The van der Waals surface area contributed by atoms with Crippen LogP contribution in [0.4, 0.5) is 0 Å². The van der Waals surface area contributed by atoms with E-state index in [1.54, 1.807) is 4.90 Å². The molecule has 2 aromatic rings. The number of likely N-dealkylation sites (tertiary alicyclic amines) is 1. The molecule has 1 aliphatic rings. The van der Waals surface area contributed by atoms with Gasteiger partial charge in [0.2, 0.25) is 5.91 Å². The van der Waals surface area contributed by atoms with Gasteiger partial charge in [0.05, 0.1) is 5.92 Å². The van der Waals surface area contributed by atoms with Gasteiger partial charge in [-0.15, -0.1) is 0 Å². The number of hydrogen-bond donors (Lipinski definition) is 1. The average molecular weight is 369 g/mol. The van der Waals surface area contributed by atoms with Crippen molar-refractivity contribution >= 4 is 11.9 Å². The SMILES string of the molecule is Cc1ccccc1OCCOc1ccc(CN2CC(C(=O)O)CC2=O)cc1. The van der Waals surface area contributed by atoms with Crippen molar-refractivity contribution in [1.82, 2.24) is 4.90 Å². The normalized spacial score (nSPS) is 16.4. The Morgan fingerprint density at radius 3 is 2.48 bits per heavy atom. The van der Waals surface area contributed by atoms with Gasteiger partial charge in [-0.05, 0) is 36.2 Å². The molecule has 6 nitrogen and oxygen atoms in total. The highest BCUT2D eigenvalue weighted by Crippen LogP contribution is 2.21. The molecule has 0 aliphatic carbocycles. The number of carboxylic acid groups (broad SMARTS) is 1. The van der Waals surface area contributed by atoms with Gasteiger partial charge in [0.25, 0.3) is 0 Å². The molecule has 1 aliphatic heterocycles. The fraction of sp³-hybridized carbons (Fsp3) is 0.333. The Kier molecular flexibility index (Phi) is 5.96. The Hall–Kier alpha value is -3.02. The van der Waals surface area contributed by atoms with Gasteiger partial charge in [0, 0.05) is 19.5 Å². The number of benzene rings is 2. The number of hydrogen-bond acceptors (Lipinski definition) is 4. The highest BCUT2D eigenvalue weighted by Gasteiger charge is 2.33. The van der Waals surface area contributed by atoms with E-state index < -0.39 is 11.9 Å². The summed E-state index contributed by atoms with van der Waals surface area (Å²) in [6.07, 6.45) is 0.0808. The Bertz CT molecular complexity index is 802. The average Bonchev–Trinajstić information content (AvgIpc) is 3.02. The maximum Gasteiger partial charge on any atom is 0.308 e. The lowest BCUT2D eigenvalue weighted by Gasteiger charge is -2.16. The van der Waals surface area contributed by atoms with Crippen molar-refractivity contribution in [3.8, 4) is 11.5 Å². The fourth-order valence-corrected chi connectivity index (χ4v) is 3.03. The van der Waals surface area contributed by atoms with E-state index in [9.17, 15) is 9.59 Å². The molecule has 0 bridgehead atoms. The van der Waals surface area contributed by atoms with Crippen molar-refractivity contribution in [3.63, 3.8) is 0 Å². The summed E-state index contributed by atoms with van der Waals surface area (Å²) in [6, 6.07) is 15.3. The second kappa shape index (κ2) is 8.58. The second-order valence-corrected chi connectivity index (χ2v) is 6.62. The number of ether oxygens (including phenoxy) is 2. The molecule has 1 heterocycles. The van der Waals surface area contributed by atoms with Gasteiger partial charge in [0.1, 0.15) is 24.7 Å². The van der Waals surface area contributed by atoms with Crippen LogP contribution in [0.5, 0.6) is 11.5 Å². The molecule has 1 unspecified atom stereocenters. The van der Waals surface area contributed by atoms with Gasteiger partial charge in [-0.25, -0.2) is 0 Å². The third kappa shape index (κ3) is 5.00. The molecule has 27 heavy (non-hydrogen) atoms. The van der Waals surface area contributed by atoms with Crippen LogP contribution in [0.25, 0.3) is 0 Å². The van der Waals surface area contributed by atoms with E-state index in [-0.39, 0.29) is 18.9 Å². The maximum absolute atomic E-state index is 11.9. The van der Waals surface area contributed by atoms with Gasteiger partial charge in [-0.1, -0.05) is 30.3 Å². The van der Waals surface area contributed by atoms with E-state index in [1.165, 1.54) is 0 Å². The summed E-state index contributed by atoms with van der Waals surface area (Å²) in [5, 5.41) is 9.04. The number of nitrogens with zero attached hydrogens (tertiary/aromatic N) is 1. The number of carbonyl (C=O) groups excluding carboxylic acids is 1. The zero-order chi connectivity index (χ0) is 19.2. The van der Waals surface area contributed by atoms with Gasteiger partial charge in [-0.3, -0.25) is 9.59 Å². The van der Waals surface area contributed by atoms with Crippen LogP contribution in [-0.2, 0) is 16.1 Å². The third-order valence-electron chi connectivity index (χ3n) is 4.56. The molecule has 1 atom stereocenters. The predicted molar refractivity (Wildman–Crippen MR) is 99.8 cm³/mol. The quantitative estimate of drug-likeness (QED) is 0.724. The van der Waals surface area contributed by atoms with E-state index in [1.807, 2.05) is 55.5 Å². The Morgan fingerprint density at radius 1 is 1.11 bits per heavy atom. The van der Waals surface area contributed by atoms with E-state index in [0.29, 0.717) is 19.8 Å². The number of carboxylic acids is 1. The van der Waals surface area contributed by atoms with Crippen LogP contribution in [0.3, 0.4) is 0 Å². The van der Waals surface area contributed by atoms with Crippen LogP contribution >= 0.6 is 0 Å². The number of rotatable bonds is 8. The molecule has 1 fully saturated rings. The maximum atomic E-state index is 11.9. The fourth-order valence-electron chi connectivity index (χ4n) is 3.03. The molecule has 2 aromatic carbocycles. The first-order valence-corrected chi connectivity index (χ1v) is 8.93. The minimum Gasteiger partial charge on any atom is -0.490 e. The first kappa shape index (κ1) is 18.8. The van der Waals surface area contributed by atoms with Crippen LogP contribution in [0.15, 0.2) is 48.5 Å². The third-order valence-corrected chi connectivity index (χ3v) is 4.56. The zero-order valence-corrected chi connectivity index (χ0v) is 15.3. The first-order valence-electron chi connectivity index (χ1n) is 8.93. The molecule has 0 saturated carbocycles. The van der Waals surface area contributed by atoms with Gasteiger partial charge < -0.3 is 19.5 Å². The van der Waals surface area contributed by atoms with Crippen LogP contribution in [0.2, 0.25) is 0 Å². The first-order chi connectivity index (χ1) is 13.0. The predicted octanol–water partition coefficient (Wildman–Crippen LogP) is 2.89. The Balaban J connectivity index is 1.44. The Labute approximate surface area is 158 Å². The van der Waals surface area contributed by atoms with Crippen molar-refractivity contribution in [2.24, 2.45) is 5.92 Å². The summed E-state index contributed by atoms with van der Waals surface area (Å²) in [4.78, 5) is 24.5. The molecular weight excluding hydrogens is 346 g/mol. The number of amides is 1. The molecule has 0 radical (unpaired) electrons. The van der Waals surface area contributed by atoms with Crippen LogP contribution in [0, 0.1) is 12.8 Å². The van der Waals surface area contributed by atoms with Crippen molar-refractivity contribution < 1.29 is 24.2 Å². The topological polar surface area (TPSA) is 76.1 Å². The van der Waals surface area contributed by atoms with Crippen LogP contribution in [-0.4, -0.2) is 41.6 Å². The minimum absolute atomic E-state index is 0.0808. The summed E-state index contributed by atoms with van der Waals surface area (Å²) >= 11 is 0. The summed E-state index contributed by atoms with van der Waals surface area (Å²) in [5.41, 5.74) is 2.03. The lowest BCUT2D eigenvalue weighted by atomic mass is 10.1. The van der Waals surface area contributed by atoms with E-state index in [2.05, 4.69) is 0 Å². The molecule has 0 aromatic heterocycles. The number of aliphatic carboxylic acids is 1.